The van der Waals surface area contributed by atoms with E-state index < -0.39 is 38.7 Å². The van der Waals surface area contributed by atoms with Gasteiger partial charge >= 0.3 is 6.18 Å². The van der Waals surface area contributed by atoms with Crippen molar-refractivity contribution < 1.29 is 22.8 Å². The fourth-order valence-electron chi connectivity index (χ4n) is 2.87. The highest BCUT2D eigenvalue weighted by molar-refractivity contribution is 7.07. The summed E-state index contributed by atoms with van der Waals surface area (Å²) in [7, 11) is -5.58. The molecule has 0 saturated heterocycles. The standard InChI is InChI=1S/C10H20F3NO2Si2/c1-17(2,3)9(8(14)16,18(4,5)6)7(15)10(11,12)13/h1-6H3,(H2,14,16). The molecule has 0 saturated carbocycles. The molecule has 0 aliphatic rings. The lowest BCUT2D eigenvalue weighted by Crippen LogP contribution is -2.67. The number of Topliss-reactive ketones (excluding diaryl/α,β-unsaturated/α-hetero) is 1. The van der Waals surface area contributed by atoms with Crippen LogP contribution in [0.25, 0.3) is 0 Å². The van der Waals surface area contributed by atoms with Crippen LogP contribution in [0.3, 0.4) is 0 Å². The van der Waals surface area contributed by atoms with Crippen molar-refractivity contribution in [1.29, 1.82) is 0 Å². The molecular weight excluding hydrogens is 279 g/mol. The maximum atomic E-state index is 12.9. The Kier molecular flexibility index (Phi) is 4.32. The SMILES string of the molecule is C[Si](C)(C)C(C(N)=O)(C(=O)C(F)(F)F)[Si](C)(C)C. The van der Waals surface area contributed by atoms with Gasteiger partial charge in [0.2, 0.25) is 11.7 Å². The van der Waals surface area contributed by atoms with Gasteiger partial charge in [-0.2, -0.15) is 13.2 Å². The van der Waals surface area contributed by atoms with Crippen LogP contribution in [0.2, 0.25) is 43.9 Å². The zero-order chi connectivity index (χ0) is 15.2. The second-order valence-corrected chi connectivity index (χ2v) is 17.4. The first kappa shape index (κ1) is 17.4. The Balaban J connectivity index is 6.35. The monoisotopic (exact) mass is 299 g/mol. The number of alkyl halides is 3. The molecule has 0 spiro atoms. The molecule has 18 heavy (non-hydrogen) atoms. The highest BCUT2D eigenvalue weighted by Crippen LogP contribution is 2.50. The Labute approximate surface area is 107 Å². The molecule has 0 aliphatic heterocycles. The minimum absolute atomic E-state index is 1.12. The summed E-state index contributed by atoms with van der Waals surface area (Å²) in [6, 6.07) is 0. The fraction of sp³-hybridized carbons (Fsp3) is 0.800. The van der Waals surface area contributed by atoms with Gasteiger partial charge in [0.25, 0.3) is 0 Å². The first-order valence-electron chi connectivity index (χ1n) is 5.51. The molecule has 1 amide bonds. The van der Waals surface area contributed by atoms with Crippen LogP contribution in [0, 0.1) is 0 Å². The van der Waals surface area contributed by atoms with Crippen molar-refractivity contribution in [3.05, 3.63) is 0 Å². The number of amides is 1. The second-order valence-electron chi connectivity index (χ2n) is 6.44. The lowest BCUT2D eigenvalue weighted by Gasteiger charge is -2.47. The lowest BCUT2D eigenvalue weighted by molar-refractivity contribution is -0.173. The van der Waals surface area contributed by atoms with Crippen LogP contribution < -0.4 is 5.73 Å². The Morgan fingerprint density at radius 1 is 0.889 bits per heavy atom. The van der Waals surface area contributed by atoms with Crippen LogP contribution in [-0.2, 0) is 9.59 Å². The normalized spacial score (nSPS) is 14.5. The molecule has 0 atom stereocenters. The zero-order valence-electron chi connectivity index (χ0n) is 11.5. The summed E-state index contributed by atoms with van der Waals surface area (Å²) < 4.78 is 36.5. The van der Waals surface area contributed by atoms with Crippen molar-refractivity contribution in [2.45, 2.75) is 50.1 Å². The summed E-state index contributed by atoms with van der Waals surface area (Å²) >= 11 is 0. The van der Waals surface area contributed by atoms with E-state index >= 15 is 0 Å². The highest BCUT2D eigenvalue weighted by atomic mass is 28.4. The van der Waals surface area contributed by atoms with Crippen molar-refractivity contribution in [1.82, 2.24) is 0 Å². The number of halogens is 3. The van der Waals surface area contributed by atoms with Crippen LogP contribution in [0.4, 0.5) is 13.2 Å². The summed E-state index contributed by atoms with van der Waals surface area (Å²) in [6.07, 6.45) is -5.03. The van der Waals surface area contributed by atoms with E-state index in [0.29, 0.717) is 0 Å². The van der Waals surface area contributed by atoms with Gasteiger partial charge in [-0.25, -0.2) is 0 Å². The van der Waals surface area contributed by atoms with Gasteiger partial charge in [-0.3, -0.25) is 9.59 Å². The number of primary amides is 1. The molecule has 0 aromatic heterocycles. The maximum absolute atomic E-state index is 12.9. The minimum atomic E-state index is -5.03. The van der Waals surface area contributed by atoms with Crippen molar-refractivity contribution >= 4 is 27.8 Å². The number of carbonyl (C=O) groups is 2. The van der Waals surface area contributed by atoms with E-state index in [1.54, 1.807) is 39.3 Å². The fourth-order valence-corrected chi connectivity index (χ4v) is 15.0. The molecule has 2 N–H and O–H groups in total. The summed E-state index contributed by atoms with van der Waals surface area (Å²) in [4.78, 5) is 23.6. The van der Waals surface area contributed by atoms with Crippen molar-refractivity contribution in [2.24, 2.45) is 5.73 Å². The van der Waals surface area contributed by atoms with Gasteiger partial charge in [0.1, 0.15) is 4.66 Å². The van der Waals surface area contributed by atoms with Crippen LogP contribution >= 0.6 is 0 Å². The first-order valence-corrected chi connectivity index (χ1v) is 12.5. The third-order valence-corrected chi connectivity index (χ3v) is 13.2. The summed E-state index contributed by atoms with van der Waals surface area (Å²) in [5, 5.41) is 0. The van der Waals surface area contributed by atoms with E-state index in [9.17, 15) is 22.8 Å². The molecule has 0 aromatic carbocycles. The van der Waals surface area contributed by atoms with E-state index in [1.807, 2.05) is 0 Å². The third kappa shape index (κ3) is 2.53. The van der Waals surface area contributed by atoms with Gasteiger partial charge < -0.3 is 5.73 Å². The number of hydrogen-bond donors (Lipinski definition) is 1. The van der Waals surface area contributed by atoms with E-state index in [4.69, 9.17) is 5.73 Å². The Morgan fingerprint density at radius 2 is 1.17 bits per heavy atom. The number of ketones is 1. The first-order chi connectivity index (χ1) is 7.60. The lowest BCUT2D eigenvalue weighted by atomic mass is 10.2. The Hall–Kier alpha value is -0.636. The molecule has 0 radical (unpaired) electrons. The van der Waals surface area contributed by atoms with Gasteiger partial charge in [0, 0.05) is 0 Å². The number of nitrogens with two attached hydrogens (primary N) is 1. The molecular formula is C10H20F3NO2Si2. The quantitative estimate of drug-likeness (QED) is 0.640. The highest BCUT2D eigenvalue weighted by Gasteiger charge is 2.68. The average molecular weight is 299 g/mol. The van der Waals surface area contributed by atoms with Gasteiger partial charge in [-0.15, -0.1) is 0 Å². The molecule has 0 unspecified atom stereocenters. The number of hydrogen-bond acceptors (Lipinski definition) is 2. The van der Waals surface area contributed by atoms with Crippen LogP contribution in [0.15, 0.2) is 0 Å². The van der Waals surface area contributed by atoms with Gasteiger partial charge in [-0.05, 0) is 0 Å². The average Bonchev–Trinajstić information content (AvgIpc) is 1.95. The maximum Gasteiger partial charge on any atom is 0.450 e. The molecule has 0 rings (SSSR count). The summed E-state index contributed by atoms with van der Waals surface area (Å²) in [5.41, 5.74) is 5.25. The van der Waals surface area contributed by atoms with E-state index in [2.05, 4.69) is 0 Å². The zero-order valence-corrected chi connectivity index (χ0v) is 13.5. The predicted octanol–water partition coefficient (Wildman–Crippen LogP) is 2.56. The third-order valence-electron chi connectivity index (χ3n) is 3.22. The van der Waals surface area contributed by atoms with Gasteiger partial charge in [0.15, 0.2) is 0 Å². The molecule has 0 fully saturated rings. The van der Waals surface area contributed by atoms with E-state index in [-0.39, 0.29) is 0 Å². The van der Waals surface area contributed by atoms with Gasteiger partial charge in [0.05, 0.1) is 16.1 Å². The minimum Gasteiger partial charge on any atom is -0.369 e. The summed E-state index contributed by atoms with van der Waals surface area (Å²) in [6.45, 7) is 9.50. The molecule has 0 heterocycles. The van der Waals surface area contributed by atoms with Crippen LogP contribution in [0.5, 0.6) is 0 Å². The smallest absolute Gasteiger partial charge is 0.369 e. The summed E-state index contributed by atoms with van der Waals surface area (Å²) in [5.74, 6) is -3.08. The Morgan fingerprint density at radius 3 is 1.22 bits per heavy atom. The molecule has 0 aromatic rings. The molecule has 8 heteroatoms. The van der Waals surface area contributed by atoms with Gasteiger partial charge in [-0.1, -0.05) is 39.3 Å². The largest absolute Gasteiger partial charge is 0.450 e. The van der Waals surface area contributed by atoms with Crippen molar-refractivity contribution in [3.8, 4) is 0 Å². The number of carbonyl (C=O) groups excluding carboxylic acids is 2. The molecule has 0 aliphatic carbocycles. The van der Waals surface area contributed by atoms with Crippen LogP contribution in [0.1, 0.15) is 0 Å². The van der Waals surface area contributed by atoms with E-state index in [0.717, 1.165) is 0 Å². The Bertz CT molecular complexity index is 353. The van der Waals surface area contributed by atoms with Crippen molar-refractivity contribution in [2.75, 3.05) is 0 Å². The predicted molar refractivity (Wildman–Crippen MR) is 69.6 cm³/mol. The van der Waals surface area contributed by atoms with Crippen molar-refractivity contribution in [3.63, 3.8) is 0 Å². The van der Waals surface area contributed by atoms with E-state index in [1.165, 1.54) is 0 Å². The molecule has 3 nitrogen and oxygen atoms in total. The number of rotatable bonds is 4. The topological polar surface area (TPSA) is 60.2 Å². The second kappa shape index (κ2) is 4.48. The molecule has 106 valence electrons. The molecule has 0 bridgehead atoms. The van der Waals surface area contributed by atoms with Crippen LogP contribution in [-0.4, -0.2) is 34.0 Å².